The summed E-state index contributed by atoms with van der Waals surface area (Å²) in [5.74, 6) is -1.82. The molecule has 2 aromatic rings. The number of benzene rings is 1. The molecular weight excluding hydrogens is 547 g/mol. The van der Waals surface area contributed by atoms with Gasteiger partial charge in [-0.05, 0) is 42.2 Å². The number of nitrogens with zero attached hydrogens (tertiary/aromatic N) is 4. The molecule has 2 amide bonds. The fraction of sp³-hybridized carbons (Fsp3) is 0.484. The lowest BCUT2D eigenvalue weighted by Gasteiger charge is -2.46. The number of fused-ring (bicyclic) bond motifs is 1. The summed E-state index contributed by atoms with van der Waals surface area (Å²) < 4.78 is 46.1. The van der Waals surface area contributed by atoms with Gasteiger partial charge in [0.2, 0.25) is 0 Å². The molecule has 1 aromatic carbocycles. The zero-order valence-corrected chi connectivity index (χ0v) is 23.3. The van der Waals surface area contributed by atoms with Crippen LogP contribution in [-0.2, 0) is 28.2 Å². The van der Waals surface area contributed by atoms with E-state index in [0.717, 1.165) is 66.3 Å². The van der Waals surface area contributed by atoms with Crippen molar-refractivity contribution in [2.45, 2.75) is 68.7 Å². The molecule has 224 valence electrons. The van der Waals surface area contributed by atoms with Crippen molar-refractivity contribution in [2.24, 2.45) is 0 Å². The normalized spacial score (nSPS) is 29.3. The maximum atomic E-state index is 15.0. The highest BCUT2D eigenvalue weighted by molar-refractivity contribution is 6.36. The van der Waals surface area contributed by atoms with Crippen LogP contribution in [0.1, 0.15) is 36.8 Å². The Labute approximate surface area is 243 Å². The zero-order chi connectivity index (χ0) is 29.5. The second-order valence-corrected chi connectivity index (χ2v) is 11.8. The molecule has 0 bridgehead atoms. The quantitative estimate of drug-likeness (QED) is 0.404. The minimum Gasteiger partial charge on any atom is -0.391 e. The van der Waals surface area contributed by atoms with E-state index in [1.165, 1.54) is 24.0 Å². The predicted octanol–water partition coefficient (Wildman–Crippen LogP) is 3.15. The van der Waals surface area contributed by atoms with Crippen molar-refractivity contribution >= 4 is 11.8 Å². The molecule has 3 fully saturated rings. The molecule has 42 heavy (non-hydrogen) atoms. The topological polar surface area (TPSA) is 81.1 Å². The standard InChI is InChI=1S/C31H36F3N5O3/c32-31(33,34)30(12-10-24-26(18-30)39(29(42)28(41)35-24)25-8-4-5-9-27(25)40)38-13-11-23(21-38)20-37-16-14-36(15-17-37)19-22-6-2-1-3-7-22/h1-3,6-7,10-13,18,21,24-25,27,40H,4-5,8-9,14-17,19-20H2,(H,35,41)/t24-,25?,27?,30-/m1/s1. The van der Waals surface area contributed by atoms with Crippen LogP contribution in [0.15, 0.2) is 72.7 Å². The number of aromatic nitrogens is 1. The highest BCUT2D eigenvalue weighted by Gasteiger charge is 2.57. The molecule has 2 aliphatic carbocycles. The van der Waals surface area contributed by atoms with Crippen molar-refractivity contribution in [2.75, 3.05) is 26.2 Å². The SMILES string of the molecule is O=C1N[C@@H]2C=C[C@](n3ccc(CN4CCN(Cc5ccccc5)CC4)c3)(C(F)(F)F)C=C2N(C2CCCCC2O)C1=O. The lowest BCUT2D eigenvalue weighted by Crippen LogP contribution is -2.62. The number of rotatable bonds is 6. The van der Waals surface area contributed by atoms with Crippen LogP contribution in [0.2, 0.25) is 0 Å². The largest absolute Gasteiger partial charge is 0.419 e. The molecule has 0 spiro atoms. The molecule has 1 aromatic heterocycles. The van der Waals surface area contributed by atoms with E-state index in [1.807, 2.05) is 18.2 Å². The number of nitrogens with one attached hydrogen (secondary N) is 1. The van der Waals surface area contributed by atoms with Crippen LogP contribution in [0, 0.1) is 0 Å². The molecule has 1 saturated carbocycles. The number of hydrogen-bond donors (Lipinski definition) is 2. The monoisotopic (exact) mass is 583 g/mol. The Bertz CT molecular complexity index is 1370. The number of piperazine rings is 2. The van der Waals surface area contributed by atoms with E-state index in [4.69, 9.17) is 0 Å². The van der Waals surface area contributed by atoms with Gasteiger partial charge in [0.1, 0.15) is 0 Å². The van der Waals surface area contributed by atoms with E-state index in [2.05, 4.69) is 27.2 Å². The Morgan fingerprint density at radius 2 is 1.60 bits per heavy atom. The number of halogens is 3. The molecule has 4 atom stereocenters. The molecule has 11 heteroatoms. The van der Waals surface area contributed by atoms with Gasteiger partial charge in [0.15, 0.2) is 5.54 Å². The van der Waals surface area contributed by atoms with Gasteiger partial charge in [-0.15, -0.1) is 0 Å². The summed E-state index contributed by atoms with van der Waals surface area (Å²) >= 11 is 0. The molecule has 6 rings (SSSR count). The van der Waals surface area contributed by atoms with Gasteiger partial charge in [-0.1, -0.05) is 49.2 Å². The summed E-state index contributed by atoms with van der Waals surface area (Å²) in [5.41, 5.74) is -0.481. The van der Waals surface area contributed by atoms with Crippen molar-refractivity contribution in [3.8, 4) is 0 Å². The smallest absolute Gasteiger partial charge is 0.391 e. The number of hydrogen-bond acceptors (Lipinski definition) is 5. The Morgan fingerprint density at radius 3 is 2.26 bits per heavy atom. The van der Waals surface area contributed by atoms with E-state index in [1.54, 1.807) is 6.07 Å². The van der Waals surface area contributed by atoms with Crippen LogP contribution in [0.3, 0.4) is 0 Å². The Morgan fingerprint density at radius 1 is 0.929 bits per heavy atom. The Hall–Kier alpha value is -3.41. The van der Waals surface area contributed by atoms with Gasteiger partial charge in [0.25, 0.3) is 0 Å². The third-order valence-electron chi connectivity index (χ3n) is 8.99. The van der Waals surface area contributed by atoms with Crippen molar-refractivity contribution in [1.82, 2.24) is 24.6 Å². The molecule has 2 aliphatic heterocycles. The van der Waals surface area contributed by atoms with Crippen molar-refractivity contribution in [1.29, 1.82) is 0 Å². The number of carbonyl (C=O) groups is 2. The fourth-order valence-corrected chi connectivity index (χ4v) is 6.66. The first-order chi connectivity index (χ1) is 20.1. The molecule has 8 nitrogen and oxygen atoms in total. The Balaban J connectivity index is 1.22. The summed E-state index contributed by atoms with van der Waals surface area (Å²) in [7, 11) is 0. The van der Waals surface area contributed by atoms with Crippen molar-refractivity contribution in [3.05, 3.63) is 83.8 Å². The lowest BCUT2D eigenvalue weighted by molar-refractivity contribution is -0.183. The average molecular weight is 584 g/mol. The van der Waals surface area contributed by atoms with Crippen LogP contribution in [0.4, 0.5) is 13.2 Å². The van der Waals surface area contributed by atoms with Gasteiger partial charge in [-0.3, -0.25) is 19.4 Å². The van der Waals surface area contributed by atoms with Gasteiger partial charge in [-0.2, -0.15) is 13.2 Å². The number of amides is 2. The molecule has 4 aliphatic rings. The molecule has 2 N–H and O–H groups in total. The number of carbonyl (C=O) groups excluding carboxylic acids is 2. The van der Waals surface area contributed by atoms with Gasteiger partial charge < -0.3 is 19.9 Å². The third kappa shape index (κ3) is 5.41. The number of aliphatic hydroxyl groups excluding tert-OH is 1. The molecular formula is C31H36F3N5O3. The van der Waals surface area contributed by atoms with Crippen LogP contribution >= 0.6 is 0 Å². The Kier molecular flexibility index (Phi) is 7.75. The lowest BCUT2D eigenvalue weighted by atomic mass is 9.84. The molecule has 2 saturated heterocycles. The minimum atomic E-state index is -4.73. The number of aliphatic hydroxyl groups is 1. The van der Waals surface area contributed by atoms with E-state index < -0.39 is 41.7 Å². The maximum absolute atomic E-state index is 15.0. The second kappa shape index (κ2) is 11.3. The fourth-order valence-electron chi connectivity index (χ4n) is 6.66. The van der Waals surface area contributed by atoms with Crippen LogP contribution in [0.25, 0.3) is 0 Å². The summed E-state index contributed by atoms with van der Waals surface area (Å²) in [6.07, 6.45) is 3.03. The van der Waals surface area contributed by atoms with Crippen molar-refractivity contribution < 1.29 is 27.9 Å². The molecule has 0 radical (unpaired) electrons. The molecule has 3 heterocycles. The first kappa shape index (κ1) is 28.7. The van der Waals surface area contributed by atoms with E-state index in [0.29, 0.717) is 25.8 Å². The van der Waals surface area contributed by atoms with E-state index >= 15 is 0 Å². The van der Waals surface area contributed by atoms with Crippen LogP contribution in [-0.4, -0.2) is 86.7 Å². The first-order valence-electron chi connectivity index (χ1n) is 14.6. The maximum Gasteiger partial charge on any atom is 0.419 e. The first-order valence-corrected chi connectivity index (χ1v) is 14.6. The third-order valence-corrected chi connectivity index (χ3v) is 8.99. The summed E-state index contributed by atoms with van der Waals surface area (Å²) in [6, 6.07) is 10.3. The second-order valence-electron chi connectivity index (χ2n) is 11.8. The van der Waals surface area contributed by atoms with Crippen molar-refractivity contribution in [3.63, 3.8) is 0 Å². The highest BCUT2D eigenvalue weighted by atomic mass is 19.4. The summed E-state index contributed by atoms with van der Waals surface area (Å²) in [5, 5.41) is 13.2. The highest BCUT2D eigenvalue weighted by Crippen LogP contribution is 2.45. The summed E-state index contributed by atoms with van der Waals surface area (Å²) in [4.78, 5) is 31.2. The van der Waals surface area contributed by atoms with Gasteiger partial charge in [0, 0.05) is 57.4 Å². The number of allylic oxidation sites excluding steroid dienone is 2. The van der Waals surface area contributed by atoms with Gasteiger partial charge in [-0.25, -0.2) is 0 Å². The predicted molar refractivity (Wildman–Crippen MR) is 150 cm³/mol. The minimum absolute atomic E-state index is 0.0511. The number of alkyl halides is 3. The van der Waals surface area contributed by atoms with E-state index in [-0.39, 0.29) is 5.70 Å². The van der Waals surface area contributed by atoms with Crippen LogP contribution in [0.5, 0.6) is 0 Å². The van der Waals surface area contributed by atoms with Crippen LogP contribution < -0.4 is 5.32 Å². The average Bonchev–Trinajstić information content (AvgIpc) is 3.44. The van der Waals surface area contributed by atoms with Gasteiger partial charge in [0.05, 0.1) is 18.2 Å². The summed E-state index contributed by atoms with van der Waals surface area (Å²) in [6.45, 7) is 4.78. The zero-order valence-electron chi connectivity index (χ0n) is 23.3. The molecule has 2 unspecified atom stereocenters. The van der Waals surface area contributed by atoms with E-state index in [9.17, 15) is 27.9 Å². The van der Waals surface area contributed by atoms with Gasteiger partial charge >= 0.3 is 18.0 Å².